The van der Waals surface area contributed by atoms with Crippen LogP contribution >= 0.6 is 23.2 Å². The fraction of sp³-hybridized carbons (Fsp3) is 0.346. The van der Waals surface area contributed by atoms with Gasteiger partial charge in [-0.15, -0.1) is 0 Å². The molecular formula is C26H26Cl2FN5O2. The third-order valence-electron chi connectivity index (χ3n) is 7.30. The number of halogens is 3. The molecule has 3 aromatic rings. The van der Waals surface area contributed by atoms with Crippen LogP contribution in [-0.4, -0.2) is 80.4 Å². The molecule has 10 heteroatoms. The van der Waals surface area contributed by atoms with Crippen molar-refractivity contribution in [1.29, 1.82) is 0 Å². The predicted molar refractivity (Wildman–Crippen MR) is 138 cm³/mol. The van der Waals surface area contributed by atoms with Crippen molar-refractivity contribution in [2.45, 2.75) is 32.0 Å². The van der Waals surface area contributed by atoms with E-state index in [-0.39, 0.29) is 40.7 Å². The van der Waals surface area contributed by atoms with Crippen molar-refractivity contribution >= 4 is 40.5 Å². The zero-order chi connectivity index (χ0) is 25.7. The van der Waals surface area contributed by atoms with Crippen molar-refractivity contribution in [3.8, 4) is 11.1 Å². The maximum Gasteiger partial charge on any atom is 0.275 e. The largest absolute Gasteiger partial charge is 0.334 e. The molecule has 2 saturated heterocycles. The lowest BCUT2D eigenvalue weighted by atomic mass is 9.93. The molecule has 2 aliphatic heterocycles. The topological polar surface area (TPSA) is 61.2 Å². The molecule has 2 fully saturated rings. The fourth-order valence-corrected chi connectivity index (χ4v) is 5.69. The lowest BCUT2D eigenvalue weighted by molar-refractivity contribution is -0.141. The van der Waals surface area contributed by atoms with Gasteiger partial charge in [0.15, 0.2) is 5.69 Å². The zero-order valence-corrected chi connectivity index (χ0v) is 21.5. The summed E-state index contributed by atoms with van der Waals surface area (Å²) >= 11 is 12.6. The molecule has 3 atom stereocenters. The van der Waals surface area contributed by atoms with Crippen LogP contribution in [0.1, 0.15) is 24.3 Å². The molecule has 36 heavy (non-hydrogen) atoms. The highest BCUT2D eigenvalue weighted by Gasteiger charge is 2.44. The summed E-state index contributed by atoms with van der Waals surface area (Å²) in [5, 5.41) is 4.95. The van der Waals surface area contributed by atoms with Gasteiger partial charge in [-0.2, -0.15) is 5.10 Å². The summed E-state index contributed by atoms with van der Waals surface area (Å²) in [5.74, 6) is -0.882. The molecule has 5 rings (SSSR count). The molecule has 0 unspecified atom stereocenters. The number of pyridine rings is 1. The molecule has 0 radical (unpaired) electrons. The first-order chi connectivity index (χ1) is 17.2. The van der Waals surface area contributed by atoms with Gasteiger partial charge in [-0.25, -0.2) is 8.91 Å². The Labute approximate surface area is 218 Å². The van der Waals surface area contributed by atoms with Gasteiger partial charge < -0.3 is 9.80 Å². The minimum atomic E-state index is -0.574. The van der Waals surface area contributed by atoms with Crippen molar-refractivity contribution in [3.63, 3.8) is 0 Å². The van der Waals surface area contributed by atoms with Gasteiger partial charge >= 0.3 is 0 Å². The third kappa shape index (κ3) is 4.07. The third-order valence-corrected chi connectivity index (χ3v) is 7.92. The van der Waals surface area contributed by atoms with E-state index >= 15 is 0 Å². The Kier molecular flexibility index (Phi) is 6.53. The summed E-state index contributed by atoms with van der Waals surface area (Å²) in [6, 6.07) is 8.28. The van der Waals surface area contributed by atoms with Gasteiger partial charge in [0.2, 0.25) is 5.91 Å². The summed E-state index contributed by atoms with van der Waals surface area (Å²) in [7, 11) is 0. The van der Waals surface area contributed by atoms with Gasteiger partial charge in [0, 0.05) is 66.7 Å². The number of rotatable bonds is 4. The van der Waals surface area contributed by atoms with Crippen LogP contribution in [-0.2, 0) is 4.79 Å². The van der Waals surface area contributed by atoms with Crippen LogP contribution in [0.2, 0.25) is 10.0 Å². The van der Waals surface area contributed by atoms with E-state index in [9.17, 15) is 14.0 Å². The smallest absolute Gasteiger partial charge is 0.275 e. The first-order valence-corrected chi connectivity index (χ1v) is 12.6. The maximum atomic E-state index is 14.4. The van der Waals surface area contributed by atoms with Crippen LogP contribution in [0.5, 0.6) is 0 Å². The van der Waals surface area contributed by atoms with E-state index in [4.69, 9.17) is 23.2 Å². The van der Waals surface area contributed by atoms with Gasteiger partial charge in [-0.3, -0.25) is 14.5 Å². The van der Waals surface area contributed by atoms with Crippen molar-refractivity contribution in [3.05, 3.63) is 70.7 Å². The number of nitrogens with zero attached hydrogens (tertiary/aromatic N) is 5. The summed E-state index contributed by atoms with van der Waals surface area (Å²) in [4.78, 5) is 31.7. The molecule has 0 aliphatic carbocycles. The average molecular weight is 530 g/mol. The molecule has 0 N–H and O–H groups in total. The highest BCUT2D eigenvalue weighted by molar-refractivity contribution is 6.34. The SMILES string of the molecule is C=CC(=O)N1C[C@@H](N2CCN(C(=O)c3nn4ccc(Cl)cc4c3-c3cccc(F)c3Cl)C[C@@H]2C)[C@H]1C. The minimum Gasteiger partial charge on any atom is -0.334 e. The molecule has 0 bridgehead atoms. The van der Waals surface area contributed by atoms with Gasteiger partial charge in [0.25, 0.3) is 5.91 Å². The number of aromatic nitrogens is 2. The number of fused-ring (bicyclic) bond motifs is 1. The Bertz CT molecular complexity index is 1380. The number of carbonyl (C=O) groups is 2. The van der Waals surface area contributed by atoms with Crippen LogP contribution < -0.4 is 0 Å². The normalized spacial score (nSPS) is 22.5. The number of hydrogen-bond donors (Lipinski definition) is 0. The average Bonchev–Trinajstić information content (AvgIpc) is 3.23. The fourth-order valence-electron chi connectivity index (χ4n) is 5.31. The number of benzene rings is 1. The summed E-state index contributed by atoms with van der Waals surface area (Å²) in [6.45, 7) is 10.0. The van der Waals surface area contributed by atoms with Crippen molar-refractivity contribution < 1.29 is 14.0 Å². The van der Waals surface area contributed by atoms with Crippen molar-refractivity contribution in [2.75, 3.05) is 26.2 Å². The van der Waals surface area contributed by atoms with E-state index < -0.39 is 5.82 Å². The zero-order valence-electron chi connectivity index (χ0n) is 20.0. The van der Waals surface area contributed by atoms with Crippen molar-refractivity contribution in [2.24, 2.45) is 0 Å². The molecule has 1 aromatic carbocycles. The monoisotopic (exact) mass is 529 g/mol. The van der Waals surface area contributed by atoms with Crippen LogP contribution in [0, 0.1) is 5.82 Å². The molecule has 188 valence electrons. The highest BCUT2D eigenvalue weighted by atomic mass is 35.5. The lowest BCUT2D eigenvalue weighted by Crippen LogP contribution is -2.70. The predicted octanol–water partition coefficient (Wildman–Crippen LogP) is 4.38. The molecule has 0 saturated carbocycles. The van der Waals surface area contributed by atoms with E-state index in [2.05, 4.69) is 23.5 Å². The standard InChI is InChI=1S/C26H26Cl2FN5O2/c1-4-22(35)33-14-21(16(33)3)32-11-10-31(13-15(32)2)26(36)25-23(18-6-5-7-19(29)24(18)28)20-12-17(27)8-9-34(20)30-25/h4-9,12,15-16,21H,1,10-11,13-14H2,2-3H3/t15-,16+,21+/m0/s1. The minimum absolute atomic E-state index is 0.0595. The summed E-state index contributed by atoms with van der Waals surface area (Å²) < 4.78 is 15.9. The van der Waals surface area contributed by atoms with Gasteiger partial charge in [0.05, 0.1) is 10.5 Å². The molecule has 4 heterocycles. The lowest BCUT2D eigenvalue weighted by Gasteiger charge is -2.54. The van der Waals surface area contributed by atoms with E-state index in [0.29, 0.717) is 47.8 Å². The van der Waals surface area contributed by atoms with Gasteiger partial charge in [0.1, 0.15) is 5.82 Å². The number of carbonyl (C=O) groups excluding carboxylic acids is 2. The summed E-state index contributed by atoms with van der Waals surface area (Å²) in [6.07, 6.45) is 3.01. The molecular weight excluding hydrogens is 504 g/mol. The van der Waals surface area contributed by atoms with Crippen molar-refractivity contribution in [1.82, 2.24) is 24.3 Å². The summed E-state index contributed by atoms with van der Waals surface area (Å²) in [5.41, 5.74) is 1.61. The Morgan fingerprint density at radius 2 is 1.94 bits per heavy atom. The van der Waals surface area contributed by atoms with Crippen LogP contribution in [0.4, 0.5) is 4.39 Å². The quantitative estimate of drug-likeness (QED) is 0.470. The van der Waals surface area contributed by atoms with Gasteiger partial charge in [-0.1, -0.05) is 41.9 Å². The Morgan fingerprint density at radius 3 is 2.64 bits per heavy atom. The first kappa shape index (κ1) is 24.7. The van der Waals surface area contributed by atoms with Crippen LogP contribution in [0.25, 0.3) is 16.6 Å². The molecule has 7 nitrogen and oxygen atoms in total. The van der Waals surface area contributed by atoms with Crippen LogP contribution in [0.3, 0.4) is 0 Å². The molecule has 2 aromatic heterocycles. The Morgan fingerprint density at radius 1 is 1.17 bits per heavy atom. The van der Waals surface area contributed by atoms with Gasteiger partial charge in [-0.05, 0) is 38.1 Å². The molecule has 2 amide bonds. The van der Waals surface area contributed by atoms with Crippen LogP contribution in [0.15, 0.2) is 49.2 Å². The molecule has 2 aliphatic rings. The number of likely N-dealkylation sites (tertiary alicyclic amines) is 1. The second kappa shape index (κ2) is 9.50. The van der Waals surface area contributed by atoms with E-state index in [1.54, 1.807) is 44.8 Å². The van der Waals surface area contributed by atoms with E-state index in [0.717, 1.165) is 0 Å². The molecule has 0 spiro atoms. The second-order valence-corrected chi connectivity index (χ2v) is 10.2. The Balaban J connectivity index is 1.43. The number of amides is 2. The van der Waals surface area contributed by atoms with E-state index in [1.165, 1.54) is 12.1 Å². The number of hydrogen-bond acceptors (Lipinski definition) is 4. The highest BCUT2D eigenvalue weighted by Crippen LogP contribution is 2.37. The number of piperazine rings is 1. The Hall–Kier alpha value is -2.94. The second-order valence-electron chi connectivity index (χ2n) is 9.34. The maximum absolute atomic E-state index is 14.4. The van der Waals surface area contributed by atoms with E-state index in [1.807, 2.05) is 6.92 Å². The first-order valence-electron chi connectivity index (χ1n) is 11.8.